The Morgan fingerprint density at radius 3 is 2.52 bits per heavy atom. The molecule has 1 aliphatic carbocycles. The Hall–Kier alpha value is -1.15. The van der Waals surface area contributed by atoms with Gasteiger partial charge in [0.15, 0.2) is 5.78 Å². The van der Waals surface area contributed by atoms with Crippen molar-refractivity contribution < 1.29 is 4.79 Å². The van der Waals surface area contributed by atoms with Gasteiger partial charge in [-0.05, 0) is 31.2 Å². The number of rotatable bonds is 7. The maximum Gasteiger partial charge on any atom is 0.164 e. The third-order valence-corrected chi connectivity index (χ3v) is 4.51. The van der Waals surface area contributed by atoms with Gasteiger partial charge in [0.1, 0.15) is 0 Å². The molecule has 2 nitrogen and oxygen atoms in total. The maximum absolute atomic E-state index is 12.4. The fourth-order valence-electron chi connectivity index (χ4n) is 3.43. The second-order valence-corrected chi connectivity index (χ2v) is 6.82. The van der Waals surface area contributed by atoms with E-state index < -0.39 is 0 Å². The molecule has 116 valence electrons. The quantitative estimate of drug-likeness (QED) is 0.690. The molecule has 1 aromatic carbocycles. The van der Waals surface area contributed by atoms with E-state index in [1.807, 2.05) is 31.2 Å². The number of benzene rings is 1. The van der Waals surface area contributed by atoms with Gasteiger partial charge in [0.05, 0.1) is 0 Å². The van der Waals surface area contributed by atoms with Crippen LogP contribution in [0.4, 0.5) is 0 Å². The van der Waals surface area contributed by atoms with Crippen molar-refractivity contribution in [2.75, 3.05) is 13.1 Å². The first kappa shape index (κ1) is 16.2. The lowest BCUT2D eigenvalue weighted by molar-refractivity contribution is 0.0942. The molecule has 0 aromatic heterocycles. The van der Waals surface area contributed by atoms with Gasteiger partial charge in [-0.2, -0.15) is 0 Å². The van der Waals surface area contributed by atoms with Crippen molar-refractivity contribution in [1.29, 1.82) is 0 Å². The summed E-state index contributed by atoms with van der Waals surface area (Å²) in [5, 5.41) is 0. The highest BCUT2D eigenvalue weighted by Crippen LogP contribution is 2.24. The van der Waals surface area contributed by atoms with Crippen LogP contribution in [0.1, 0.15) is 61.9 Å². The largest absolute Gasteiger partial charge is 0.300 e. The fraction of sp³-hybridized carbons (Fsp3) is 0.632. The molecule has 0 bridgehead atoms. The number of aryl methyl sites for hydroxylation is 1. The molecule has 1 saturated carbocycles. The molecule has 2 heteroatoms. The molecule has 2 rings (SSSR count). The van der Waals surface area contributed by atoms with E-state index in [2.05, 4.69) is 18.7 Å². The molecule has 0 aliphatic heterocycles. The van der Waals surface area contributed by atoms with Crippen molar-refractivity contribution in [2.45, 2.75) is 58.9 Å². The van der Waals surface area contributed by atoms with Crippen LogP contribution >= 0.6 is 0 Å². The zero-order valence-electron chi connectivity index (χ0n) is 13.8. The molecule has 1 fully saturated rings. The summed E-state index contributed by atoms with van der Waals surface area (Å²) < 4.78 is 0. The smallest absolute Gasteiger partial charge is 0.164 e. The van der Waals surface area contributed by atoms with Crippen LogP contribution in [0.3, 0.4) is 0 Å². The Kier molecular flexibility index (Phi) is 5.98. The fourth-order valence-corrected chi connectivity index (χ4v) is 3.43. The van der Waals surface area contributed by atoms with E-state index in [4.69, 9.17) is 0 Å². The summed E-state index contributed by atoms with van der Waals surface area (Å²) in [5.41, 5.74) is 1.99. The molecule has 0 amide bonds. The molecule has 0 N–H and O–H groups in total. The minimum Gasteiger partial charge on any atom is -0.300 e. The summed E-state index contributed by atoms with van der Waals surface area (Å²) in [6, 6.07) is 8.65. The first-order valence-electron chi connectivity index (χ1n) is 8.41. The van der Waals surface area contributed by atoms with Crippen LogP contribution < -0.4 is 0 Å². The molecular weight excluding hydrogens is 258 g/mol. The van der Waals surface area contributed by atoms with Crippen molar-refractivity contribution in [3.63, 3.8) is 0 Å². The number of hydrogen-bond acceptors (Lipinski definition) is 2. The highest BCUT2D eigenvalue weighted by molar-refractivity contribution is 5.97. The summed E-state index contributed by atoms with van der Waals surface area (Å²) in [7, 11) is 0. The van der Waals surface area contributed by atoms with Crippen LogP contribution in [-0.4, -0.2) is 29.8 Å². The van der Waals surface area contributed by atoms with Crippen LogP contribution in [0.2, 0.25) is 0 Å². The second kappa shape index (κ2) is 7.74. The Balaban J connectivity index is 1.94. The molecule has 0 spiro atoms. The molecule has 1 aliphatic rings. The third-order valence-electron chi connectivity index (χ3n) is 4.51. The van der Waals surface area contributed by atoms with Crippen molar-refractivity contribution in [2.24, 2.45) is 5.92 Å². The standard InChI is InChI=1S/C19H29NO/c1-15(2)14-20(17-9-5-6-10-17)13-12-19(21)18-11-7-4-8-16(18)3/h4,7-8,11,15,17H,5-6,9-10,12-14H2,1-3H3. The molecule has 0 radical (unpaired) electrons. The van der Waals surface area contributed by atoms with Gasteiger partial charge in [-0.25, -0.2) is 0 Å². The molecular formula is C19H29NO. The molecule has 0 atom stereocenters. The lowest BCUT2D eigenvalue weighted by atomic mass is 10.0. The van der Waals surface area contributed by atoms with E-state index in [0.29, 0.717) is 24.2 Å². The molecule has 0 saturated heterocycles. The number of Topliss-reactive ketones (excluding diaryl/α,β-unsaturated/α-hetero) is 1. The van der Waals surface area contributed by atoms with Gasteiger partial charge in [0.2, 0.25) is 0 Å². The minimum absolute atomic E-state index is 0.292. The predicted octanol–water partition coefficient (Wildman–Crippen LogP) is 4.47. The SMILES string of the molecule is Cc1ccccc1C(=O)CCN(CC(C)C)C1CCCC1. The zero-order valence-corrected chi connectivity index (χ0v) is 13.8. The van der Waals surface area contributed by atoms with E-state index in [1.54, 1.807) is 0 Å². The number of nitrogens with zero attached hydrogens (tertiary/aromatic N) is 1. The average molecular weight is 287 g/mol. The van der Waals surface area contributed by atoms with Gasteiger partial charge < -0.3 is 0 Å². The average Bonchev–Trinajstić information content (AvgIpc) is 2.97. The Morgan fingerprint density at radius 1 is 1.24 bits per heavy atom. The monoisotopic (exact) mass is 287 g/mol. The van der Waals surface area contributed by atoms with E-state index >= 15 is 0 Å². The van der Waals surface area contributed by atoms with Crippen molar-refractivity contribution in [3.8, 4) is 0 Å². The second-order valence-electron chi connectivity index (χ2n) is 6.82. The van der Waals surface area contributed by atoms with Crippen LogP contribution in [0.15, 0.2) is 24.3 Å². The Bertz CT molecular complexity index is 460. The third kappa shape index (κ3) is 4.67. The maximum atomic E-state index is 12.4. The van der Waals surface area contributed by atoms with Crippen molar-refractivity contribution in [3.05, 3.63) is 35.4 Å². The van der Waals surface area contributed by atoms with Gasteiger partial charge in [0.25, 0.3) is 0 Å². The van der Waals surface area contributed by atoms with Gasteiger partial charge in [0, 0.05) is 31.1 Å². The lowest BCUT2D eigenvalue weighted by Gasteiger charge is -2.30. The summed E-state index contributed by atoms with van der Waals surface area (Å²) >= 11 is 0. The number of ketones is 1. The van der Waals surface area contributed by atoms with E-state index in [9.17, 15) is 4.79 Å². The van der Waals surface area contributed by atoms with Gasteiger partial charge >= 0.3 is 0 Å². The molecule has 1 aromatic rings. The summed E-state index contributed by atoms with van der Waals surface area (Å²) in [4.78, 5) is 15.0. The minimum atomic E-state index is 0.292. The van der Waals surface area contributed by atoms with Gasteiger partial charge in [-0.1, -0.05) is 51.0 Å². The number of hydrogen-bond donors (Lipinski definition) is 0. The van der Waals surface area contributed by atoms with Crippen molar-refractivity contribution >= 4 is 5.78 Å². The Morgan fingerprint density at radius 2 is 1.90 bits per heavy atom. The van der Waals surface area contributed by atoms with Crippen LogP contribution in [-0.2, 0) is 0 Å². The normalized spacial score (nSPS) is 16.0. The first-order valence-corrected chi connectivity index (χ1v) is 8.41. The predicted molar refractivity (Wildman–Crippen MR) is 88.8 cm³/mol. The summed E-state index contributed by atoms with van der Waals surface area (Å²) in [5.74, 6) is 0.957. The molecule has 21 heavy (non-hydrogen) atoms. The van der Waals surface area contributed by atoms with E-state index in [0.717, 1.165) is 24.2 Å². The summed E-state index contributed by atoms with van der Waals surface area (Å²) in [6.45, 7) is 8.59. The first-order chi connectivity index (χ1) is 10.1. The Labute approximate surface area is 129 Å². The summed E-state index contributed by atoms with van der Waals surface area (Å²) in [6.07, 6.45) is 5.97. The number of carbonyl (C=O) groups excluding carboxylic acids is 1. The molecule has 0 unspecified atom stereocenters. The van der Waals surface area contributed by atoms with E-state index in [-0.39, 0.29) is 0 Å². The zero-order chi connectivity index (χ0) is 15.2. The van der Waals surface area contributed by atoms with Gasteiger partial charge in [-0.15, -0.1) is 0 Å². The van der Waals surface area contributed by atoms with Crippen LogP contribution in [0.25, 0.3) is 0 Å². The van der Waals surface area contributed by atoms with Crippen LogP contribution in [0, 0.1) is 12.8 Å². The van der Waals surface area contributed by atoms with Crippen molar-refractivity contribution in [1.82, 2.24) is 4.90 Å². The lowest BCUT2D eigenvalue weighted by Crippen LogP contribution is -2.37. The number of carbonyl (C=O) groups is 1. The van der Waals surface area contributed by atoms with Crippen LogP contribution in [0.5, 0.6) is 0 Å². The highest BCUT2D eigenvalue weighted by atomic mass is 16.1. The highest BCUT2D eigenvalue weighted by Gasteiger charge is 2.23. The molecule has 0 heterocycles. The van der Waals surface area contributed by atoms with Gasteiger partial charge in [-0.3, -0.25) is 9.69 Å². The van der Waals surface area contributed by atoms with E-state index in [1.165, 1.54) is 25.7 Å². The topological polar surface area (TPSA) is 20.3 Å².